The van der Waals surface area contributed by atoms with Crippen molar-refractivity contribution in [1.29, 1.82) is 0 Å². The Hall–Kier alpha value is -1.70. The Morgan fingerprint density at radius 1 is 0.846 bits per heavy atom. The van der Waals surface area contributed by atoms with Crippen LogP contribution in [-0.2, 0) is 6.42 Å². The summed E-state index contributed by atoms with van der Waals surface area (Å²) >= 11 is 0. The average Bonchev–Trinajstić information content (AvgIpc) is 2.87. The van der Waals surface area contributed by atoms with Gasteiger partial charge in [0.2, 0.25) is 0 Å². The Kier molecular flexibility index (Phi) is 1.02. The normalized spacial score (nSPS) is 16.9. The number of ketones is 2. The molecule has 2 nitrogen and oxygen atoms in total. The minimum atomic E-state index is -0.0516. The van der Waals surface area contributed by atoms with Gasteiger partial charge in [0, 0.05) is 11.1 Å². The van der Waals surface area contributed by atoms with Gasteiger partial charge in [-0.1, -0.05) is 0 Å². The van der Waals surface area contributed by atoms with Crippen molar-refractivity contribution in [2.45, 2.75) is 6.42 Å². The number of fused-ring (bicyclic) bond motifs is 2. The summed E-state index contributed by atoms with van der Waals surface area (Å²) in [5.74, 6) is -0.103. The molecule has 13 heavy (non-hydrogen) atoms. The Morgan fingerprint density at radius 2 is 1.31 bits per heavy atom. The van der Waals surface area contributed by atoms with Gasteiger partial charge in [-0.05, 0) is 41.8 Å². The minimum absolute atomic E-state index is 0.0516. The van der Waals surface area contributed by atoms with Gasteiger partial charge < -0.3 is 0 Å². The Morgan fingerprint density at radius 3 is 1.77 bits per heavy atom. The highest BCUT2D eigenvalue weighted by atomic mass is 16.1. The zero-order valence-corrected chi connectivity index (χ0v) is 6.83. The predicted octanol–water partition coefficient (Wildman–Crippen LogP) is 1.53. The van der Waals surface area contributed by atoms with E-state index in [1.165, 1.54) is 23.3 Å². The lowest BCUT2D eigenvalue weighted by Gasteiger charge is -2.06. The molecule has 0 bridgehead atoms. The van der Waals surface area contributed by atoms with Crippen LogP contribution in [0.2, 0.25) is 0 Å². The van der Waals surface area contributed by atoms with E-state index >= 15 is 0 Å². The number of hydrogen-bond acceptors (Lipinski definition) is 2. The van der Waals surface area contributed by atoms with Crippen LogP contribution in [0, 0.1) is 0 Å². The van der Waals surface area contributed by atoms with Crippen molar-refractivity contribution in [3.05, 3.63) is 46.5 Å². The van der Waals surface area contributed by atoms with Gasteiger partial charge in [-0.15, -0.1) is 0 Å². The molecule has 0 unspecified atom stereocenters. The van der Waals surface area contributed by atoms with Crippen LogP contribution in [0.25, 0.3) is 0 Å². The van der Waals surface area contributed by atoms with Crippen molar-refractivity contribution in [3.8, 4) is 0 Å². The maximum absolute atomic E-state index is 11.4. The molecule has 0 saturated heterocycles. The zero-order chi connectivity index (χ0) is 9.00. The highest BCUT2D eigenvalue weighted by Gasteiger charge is 2.26. The van der Waals surface area contributed by atoms with Gasteiger partial charge >= 0.3 is 0 Å². The quantitative estimate of drug-likeness (QED) is 0.600. The lowest BCUT2D eigenvalue weighted by molar-refractivity contribution is 0.0994. The lowest BCUT2D eigenvalue weighted by atomic mass is 9.95. The molecule has 0 heterocycles. The van der Waals surface area contributed by atoms with E-state index < -0.39 is 0 Å². The van der Waals surface area contributed by atoms with Gasteiger partial charge in [0.25, 0.3) is 0 Å². The second-order valence-electron chi connectivity index (χ2n) is 3.41. The third-order valence-electron chi connectivity index (χ3n) is 2.51. The smallest absolute Gasteiger partial charge is 0.186 e. The molecule has 2 heteroatoms. The van der Waals surface area contributed by atoms with Crippen LogP contribution in [-0.4, -0.2) is 11.6 Å². The van der Waals surface area contributed by atoms with E-state index in [4.69, 9.17) is 0 Å². The number of rotatable bonds is 0. The molecule has 0 aliphatic heterocycles. The first-order valence-corrected chi connectivity index (χ1v) is 4.18. The first-order valence-electron chi connectivity index (χ1n) is 4.18. The number of carbonyl (C=O) groups excluding carboxylic acids is 2. The van der Waals surface area contributed by atoms with Crippen molar-refractivity contribution < 1.29 is 9.59 Å². The summed E-state index contributed by atoms with van der Waals surface area (Å²) in [6.07, 6.45) is 3.63. The second-order valence-corrected chi connectivity index (χ2v) is 3.41. The third kappa shape index (κ3) is 0.827. The molecule has 0 fully saturated rings. The molecule has 62 valence electrons. The number of allylic oxidation sites excluding steroid dienone is 2. The van der Waals surface area contributed by atoms with Crippen LogP contribution < -0.4 is 0 Å². The van der Waals surface area contributed by atoms with Crippen LogP contribution in [0.3, 0.4) is 0 Å². The van der Waals surface area contributed by atoms with Crippen LogP contribution in [0.4, 0.5) is 0 Å². The van der Waals surface area contributed by atoms with Gasteiger partial charge in [-0.2, -0.15) is 0 Å². The fourth-order valence-corrected chi connectivity index (χ4v) is 1.69. The molecule has 0 atom stereocenters. The maximum Gasteiger partial charge on any atom is 0.186 e. The molecule has 1 aromatic carbocycles. The highest BCUT2D eigenvalue weighted by molar-refractivity contribution is 6.22. The van der Waals surface area contributed by atoms with E-state index in [9.17, 15) is 9.59 Å². The number of hydrogen-bond donors (Lipinski definition) is 0. The summed E-state index contributed by atoms with van der Waals surface area (Å²) < 4.78 is 0. The Labute approximate surface area is 74.9 Å². The topological polar surface area (TPSA) is 34.1 Å². The fraction of sp³-hybridized carbons (Fsp3) is 0.0909. The Balaban J connectivity index is 2.33. The molecule has 0 saturated carbocycles. The largest absolute Gasteiger partial charge is 0.289 e. The van der Waals surface area contributed by atoms with E-state index in [0.717, 1.165) is 6.42 Å². The molecule has 1 aromatic rings. The van der Waals surface area contributed by atoms with E-state index in [0.29, 0.717) is 11.1 Å². The van der Waals surface area contributed by atoms with Crippen molar-refractivity contribution in [2.24, 2.45) is 0 Å². The van der Waals surface area contributed by atoms with Gasteiger partial charge in [0.05, 0.1) is 0 Å². The van der Waals surface area contributed by atoms with Crippen molar-refractivity contribution in [2.75, 3.05) is 0 Å². The molecule has 0 N–H and O–H groups in total. The van der Waals surface area contributed by atoms with Crippen LogP contribution in [0.1, 0.15) is 31.8 Å². The summed E-state index contributed by atoms with van der Waals surface area (Å²) in [7, 11) is 0. The van der Waals surface area contributed by atoms with Gasteiger partial charge in [0.15, 0.2) is 11.6 Å². The highest BCUT2D eigenvalue weighted by Crippen LogP contribution is 2.32. The third-order valence-corrected chi connectivity index (χ3v) is 2.51. The van der Waals surface area contributed by atoms with E-state index in [1.54, 1.807) is 0 Å². The molecule has 2 aliphatic carbocycles. The van der Waals surface area contributed by atoms with E-state index in [-0.39, 0.29) is 11.6 Å². The summed E-state index contributed by atoms with van der Waals surface area (Å²) in [6, 6.07) is 3.68. The maximum atomic E-state index is 11.4. The summed E-state index contributed by atoms with van der Waals surface area (Å²) in [5, 5.41) is 0. The first kappa shape index (κ1) is 6.78. The molecule has 0 radical (unpaired) electrons. The summed E-state index contributed by atoms with van der Waals surface area (Å²) in [4.78, 5) is 22.7. The minimum Gasteiger partial charge on any atom is -0.289 e. The van der Waals surface area contributed by atoms with Crippen LogP contribution in [0.15, 0.2) is 24.3 Å². The van der Waals surface area contributed by atoms with Gasteiger partial charge in [-0.25, -0.2) is 0 Å². The second kappa shape index (κ2) is 1.96. The van der Waals surface area contributed by atoms with Gasteiger partial charge in [0.1, 0.15) is 0 Å². The summed E-state index contributed by atoms with van der Waals surface area (Å²) in [6.45, 7) is 0. The SMILES string of the molecule is O=C1C=CC(=O)c2cc3c(cc21)C3. The molecule has 3 rings (SSSR count). The standard InChI is InChI=1S/C11H6O2/c12-10-1-2-11(13)9-5-7-3-6(7)4-8(9)10/h1-2,4-5H,3H2. The van der Waals surface area contributed by atoms with Crippen molar-refractivity contribution in [1.82, 2.24) is 0 Å². The number of carbonyl (C=O) groups is 2. The molecule has 0 amide bonds. The fourth-order valence-electron chi connectivity index (χ4n) is 1.69. The number of benzene rings is 1. The first-order chi connectivity index (χ1) is 6.25. The molecular weight excluding hydrogens is 164 g/mol. The molecule has 0 spiro atoms. The monoisotopic (exact) mass is 170 g/mol. The van der Waals surface area contributed by atoms with Gasteiger partial charge in [-0.3, -0.25) is 9.59 Å². The van der Waals surface area contributed by atoms with Crippen molar-refractivity contribution >= 4 is 11.6 Å². The van der Waals surface area contributed by atoms with E-state index in [1.807, 2.05) is 12.1 Å². The lowest BCUT2D eigenvalue weighted by Crippen LogP contribution is -2.10. The van der Waals surface area contributed by atoms with Crippen molar-refractivity contribution in [3.63, 3.8) is 0 Å². The summed E-state index contributed by atoms with van der Waals surface area (Å²) in [5.41, 5.74) is 3.55. The molecule has 0 aromatic heterocycles. The molecular formula is C11H6O2. The zero-order valence-electron chi connectivity index (χ0n) is 6.83. The Bertz CT molecular complexity index is 438. The average molecular weight is 170 g/mol. The predicted molar refractivity (Wildman–Crippen MR) is 47.0 cm³/mol. The molecule has 2 aliphatic rings. The van der Waals surface area contributed by atoms with E-state index in [2.05, 4.69) is 0 Å². The van der Waals surface area contributed by atoms with Crippen LogP contribution >= 0.6 is 0 Å². The van der Waals surface area contributed by atoms with Crippen LogP contribution in [0.5, 0.6) is 0 Å².